The molecule has 0 bridgehead atoms. The molecule has 2 aromatic carbocycles. The highest BCUT2D eigenvalue weighted by Gasteiger charge is 2.44. The molecule has 1 aliphatic rings. The zero-order valence-electron chi connectivity index (χ0n) is 20.0. The predicted octanol–water partition coefficient (Wildman–Crippen LogP) is 4.50. The second-order valence-electron chi connectivity index (χ2n) is 8.15. The number of carbonyl (C=O) groups excluding carboxylic acids is 1. The lowest BCUT2D eigenvalue weighted by Gasteiger charge is -2.30. The number of hydrogen-bond acceptors (Lipinski definition) is 8. The molecule has 1 aliphatic heterocycles. The van der Waals surface area contributed by atoms with Crippen LogP contribution in [0.4, 0.5) is 0 Å². The molecular formula is C26H24N6O3S. The maximum atomic E-state index is 12.4. The molecule has 0 fully saturated rings. The Morgan fingerprint density at radius 2 is 1.83 bits per heavy atom. The Morgan fingerprint density at radius 3 is 2.50 bits per heavy atom. The van der Waals surface area contributed by atoms with Crippen LogP contribution in [0.1, 0.15) is 19.4 Å². The van der Waals surface area contributed by atoms with E-state index < -0.39 is 5.72 Å². The van der Waals surface area contributed by atoms with Gasteiger partial charge in [0.2, 0.25) is 17.5 Å². The van der Waals surface area contributed by atoms with Crippen molar-refractivity contribution in [3.8, 4) is 22.8 Å². The quantitative estimate of drug-likeness (QED) is 0.345. The van der Waals surface area contributed by atoms with Gasteiger partial charge in [-0.3, -0.25) is 14.3 Å². The molecule has 2 aromatic heterocycles. The van der Waals surface area contributed by atoms with Crippen LogP contribution in [0.2, 0.25) is 0 Å². The van der Waals surface area contributed by atoms with Gasteiger partial charge in [0.15, 0.2) is 11.0 Å². The number of amides is 1. The number of methoxy groups -OCH3 is 1. The fraction of sp³-hybridized carbons (Fsp3) is 0.192. The summed E-state index contributed by atoms with van der Waals surface area (Å²) < 4.78 is 13.5. The smallest absolute Gasteiger partial charge is 0.243 e. The van der Waals surface area contributed by atoms with Gasteiger partial charge in [-0.05, 0) is 48.5 Å². The van der Waals surface area contributed by atoms with Gasteiger partial charge < -0.3 is 9.47 Å². The monoisotopic (exact) mass is 500 g/mol. The van der Waals surface area contributed by atoms with Crippen molar-refractivity contribution >= 4 is 23.6 Å². The summed E-state index contributed by atoms with van der Waals surface area (Å²) in [5, 5.41) is 15.4. The number of hydrazone groups is 1. The molecule has 10 heteroatoms. The molecule has 0 spiro atoms. The fourth-order valence-electron chi connectivity index (χ4n) is 3.97. The van der Waals surface area contributed by atoms with E-state index in [1.807, 2.05) is 65.2 Å². The number of carbonyl (C=O) groups is 1. The Kier molecular flexibility index (Phi) is 6.43. The van der Waals surface area contributed by atoms with E-state index >= 15 is 0 Å². The number of ether oxygens (including phenoxy) is 2. The Hall–Kier alpha value is -4.18. The van der Waals surface area contributed by atoms with Gasteiger partial charge in [0.05, 0.1) is 12.9 Å². The molecule has 9 nitrogen and oxygen atoms in total. The first-order valence-corrected chi connectivity index (χ1v) is 12.2. The average Bonchev–Trinajstić information content (AvgIpc) is 3.50. The summed E-state index contributed by atoms with van der Waals surface area (Å²) in [5.41, 5.74) is 1.49. The van der Waals surface area contributed by atoms with Gasteiger partial charge in [-0.25, -0.2) is 0 Å². The summed E-state index contributed by atoms with van der Waals surface area (Å²) in [6, 6.07) is 21.2. The van der Waals surface area contributed by atoms with Gasteiger partial charge in [-0.2, -0.15) is 5.01 Å². The second-order valence-corrected chi connectivity index (χ2v) is 9.09. The summed E-state index contributed by atoms with van der Waals surface area (Å²) in [7, 11) is 1.64. The molecule has 3 heterocycles. The zero-order valence-corrected chi connectivity index (χ0v) is 20.8. The van der Waals surface area contributed by atoms with Crippen molar-refractivity contribution in [2.75, 3.05) is 12.9 Å². The first-order valence-electron chi connectivity index (χ1n) is 11.3. The minimum absolute atomic E-state index is 0.226. The van der Waals surface area contributed by atoms with E-state index in [0.717, 1.165) is 22.6 Å². The van der Waals surface area contributed by atoms with Crippen LogP contribution in [-0.2, 0) is 15.3 Å². The van der Waals surface area contributed by atoms with Crippen molar-refractivity contribution in [2.24, 2.45) is 5.10 Å². The Balaban J connectivity index is 1.44. The highest BCUT2D eigenvalue weighted by molar-refractivity contribution is 7.99. The first-order chi connectivity index (χ1) is 17.5. The van der Waals surface area contributed by atoms with Crippen LogP contribution in [0.15, 0.2) is 89.4 Å². The van der Waals surface area contributed by atoms with E-state index in [9.17, 15) is 4.79 Å². The number of thioether (sulfide) groups is 1. The molecule has 182 valence electrons. The first kappa shape index (κ1) is 23.6. The molecule has 1 atom stereocenters. The van der Waals surface area contributed by atoms with Crippen LogP contribution in [-0.4, -0.2) is 49.4 Å². The van der Waals surface area contributed by atoms with Crippen LogP contribution in [0, 0.1) is 0 Å². The lowest BCUT2D eigenvalue weighted by Crippen LogP contribution is -2.41. The van der Waals surface area contributed by atoms with E-state index in [4.69, 9.17) is 9.47 Å². The molecule has 0 unspecified atom stereocenters. The van der Waals surface area contributed by atoms with E-state index in [0.29, 0.717) is 22.6 Å². The SMILES string of the molecule is COc1ccc(-c2nnc(SCC3=NN(C(C)=O)[C@@](C)(c4cccnc4)O3)n2-c2ccccc2)cc1. The average molecular weight is 501 g/mol. The molecule has 0 saturated carbocycles. The van der Waals surface area contributed by atoms with Gasteiger partial charge in [0.25, 0.3) is 0 Å². The number of nitrogens with zero attached hydrogens (tertiary/aromatic N) is 6. The summed E-state index contributed by atoms with van der Waals surface area (Å²) in [6.07, 6.45) is 3.35. The summed E-state index contributed by atoms with van der Waals surface area (Å²) in [4.78, 5) is 16.5. The molecule has 36 heavy (non-hydrogen) atoms. The second kappa shape index (κ2) is 9.82. The standard InChI is InChI=1S/C26H24N6O3S/c1-18(33)32-26(2,20-8-7-15-27-16-20)35-23(30-32)17-36-25-29-28-24(19-11-13-22(34-3)14-12-19)31(25)21-9-5-4-6-10-21/h4-16H,17H2,1-3H3/t26-/m1/s1. The Bertz CT molecular complexity index is 1390. The molecule has 0 radical (unpaired) electrons. The van der Waals surface area contributed by atoms with Gasteiger partial charge in [0, 0.05) is 43.1 Å². The molecule has 0 aliphatic carbocycles. The minimum atomic E-state index is -1.07. The Labute approximate surface area is 212 Å². The minimum Gasteiger partial charge on any atom is -0.497 e. The largest absolute Gasteiger partial charge is 0.497 e. The van der Waals surface area contributed by atoms with Crippen LogP contribution in [0.5, 0.6) is 5.75 Å². The third-order valence-electron chi connectivity index (χ3n) is 5.75. The van der Waals surface area contributed by atoms with E-state index in [2.05, 4.69) is 20.3 Å². The third-order valence-corrected chi connectivity index (χ3v) is 6.66. The third kappa shape index (κ3) is 4.42. The molecule has 0 N–H and O–H groups in total. The summed E-state index contributed by atoms with van der Waals surface area (Å²) >= 11 is 1.43. The van der Waals surface area contributed by atoms with Gasteiger partial charge in [-0.15, -0.1) is 15.3 Å². The van der Waals surface area contributed by atoms with Crippen LogP contribution >= 0.6 is 11.8 Å². The van der Waals surface area contributed by atoms with Crippen molar-refractivity contribution in [3.05, 3.63) is 84.7 Å². The molecule has 5 rings (SSSR count). The number of pyridine rings is 1. The maximum Gasteiger partial charge on any atom is 0.243 e. The lowest BCUT2D eigenvalue weighted by molar-refractivity contribution is -0.146. The normalized spacial score (nSPS) is 17.0. The van der Waals surface area contributed by atoms with Crippen LogP contribution in [0.3, 0.4) is 0 Å². The summed E-state index contributed by atoms with van der Waals surface area (Å²) in [5.74, 6) is 2.01. The van der Waals surface area contributed by atoms with Crippen molar-refractivity contribution in [3.63, 3.8) is 0 Å². The topological polar surface area (TPSA) is 94.7 Å². The van der Waals surface area contributed by atoms with Crippen LogP contribution in [0.25, 0.3) is 17.1 Å². The fourth-order valence-corrected chi connectivity index (χ4v) is 4.76. The van der Waals surface area contributed by atoms with Crippen molar-refractivity contribution < 1.29 is 14.3 Å². The maximum absolute atomic E-state index is 12.4. The summed E-state index contributed by atoms with van der Waals surface area (Å²) in [6.45, 7) is 3.27. The Morgan fingerprint density at radius 1 is 1.06 bits per heavy atom. The number of benzene rings is 2. The number of rotatable bonds is 7. The highest BCUT2D eigenvalue weighted by Crippen LogP contribution is 2.36. The zero-order chi connectivity index (χ0) is 25.1. The number of hydrogen-bond donors (Lipinski definition) is 0. The van der Waals surface area contributed by atoms with Gasteiger partial charge in [-0.1, -0.05) is 30.0 Å². The lowest BCUT2D eigenvalue weighted by atomic mass is 10.1. The molecule has 1 amide bonds. The van der Waals surface area contributed by atoms with Crippen molar-refractivity contribution in [2.45, 2.75) is 24.7 Å². The number of para-hydroxylation sites is 1. The number of aromatic nitrogens is 4. The van der Waals surface area contributed by atoms with E-state index in [-0.39, 0.29) is 5.91 Å². The van der Waals surface area contributed by atoms with Gasteiger partial charge >= 0.3 is 0 Å². The predicted molar refractivity (Wildman–Crippen MR) is 137 cm³/mol. The van der Waals surface area contributed by atoms with E-state index in [1.54, 1.807) is 32.5 Å². The van der Waals surface area contributed by atoms with Crippen molar-refractivity contribution in [1.29, 1.82) is 0 Å². The highest BCUT2D eigenvalue weighted by atomic mass is 32.2. The molecule has 4 aromatic rings. The van der Waals surface area contributed by atoms with Gasteiger partial charge in [0.1, 0.15) is 5.75 Å². The molecule has 0 saturated heterocycles. The molecular weight excluding hydrogens is 476 g/mol. The van der Waals surface area contributed by atoms with Crippen molar-refractivity contribution in [1.82, 2.24) is 24.8 Å². The van der Waals surface area contributed by atoms with E-state index in [1.165, 1.54) is 23.7 Å². The van der Waals surface area contributed by atoms with Crippen LogP contribution < -0.4 is 4.74 Å².